The Balaban J connectivity index is 1.60. The molecule has 162 valence electrons. The van der Waals surface area contributed by atoms with E-state index >= 15 is 0 Å². The number of β-amino-alcohol motifs (C(OH)–C–C–N with tert-alkyl or cyclic N) is 1. The smallest absolute Gasteiger partial charge is 0.255 e. The third-order valence-electron chi connectivity index (χ3n) is 5.38. The zero-order valence-corrected chi connectivity index (χ0v) is 18.4. The monoisotopic (exact) mass is 471 g/mol. The first kappa shape index (κ1) is 22.1. The van der Waals surface area contributed by atoms with E-state index in [0.29, 0.717) is 53.5 Å². The van der Waals surface area contributed by atoms with Gasteiger partial charge in [0.05, 0.1) is 35.0 Å². The van der Waals surface area contributed by atoms with Crippen LogP contribution in [0.3, 0.4) is 0 Å². The normalized spacial score (nSPS) is 22.2. The van der Waals surface area contributed by atoms with Crippen molar-refractivity contribution in [2.45, 2.75) is 25.4 Å². The van der Waals surface area contributed by atoms with Crippen LogP contribution in [0, 0.1) is 5.92 Å². The van der Waals surface area contributed by atoms with Gasteiger partial charge in [0, 0.05) is 45.7 Å². The van der Waals surface area contributed by atoms with Crippen molar-refractivity contribution in [1.82, 2.24) is 10.2 Å². The molecule has 0 aromatic heterocycles. The average Bonchev–Trinajstić information content (AvgIpc) is 2.96. The number of nitrogens with one attached hydrogen (secondary N) is 1. The summed E-state index contributed by atoms with van der Waals surface area (Å²) in [6.45, 7) is 4.53. The minimum atomic E-state index is -0.474. The Labute approximate surface area is 179 Å². The van der Waals surface area contributed by atoms with Crippen LogP contribution in [0.15, 0.2) is 10.5 Å². The Bertz CT molecular complexity index is 718. The Kier molecular flexibility index (Phi) is 7.99. The van der Waals surface area contributed by atoms with Crippen molar-refractivity contribution in [2.24, 2.45) is 5.92 Å². The molecule has 8 nitrogen and oxygen atoms in total. The fourth-order valence-corrected chi connectivity index (χ4v) is 4.13. The fourth-order valence-electron chi connectivity index (χ4n) is 3.72. The van der Waals surface area contributed by atoms with Crippen LogP contribution in [-0.2, 0) is 4.74 Å². The standard InChI is InChI=1S/C20H30BrN3O5/c1-27-7-2-5-24-6-4-13(16(25)12-24)11-23-20(26)14-10-15(22)17(21)19-18(14)28-8-3-9-29-19/h10,13,16,25H,2-9,11-12,22H2,1H3,(H,23,26)/t13-,16+/m0/s1. The van der Waals surface area contributed by atoms with Gasteiger partial charge in [0.2, 0.25) is 0 Å². The van der Waals surface area contributed by atoms with E-state index in [9.17, 15) is 9.90 Å². The highest BCUT2D eigenvalue weighted by Gasteiger charge is 2.29. The predicted molar refractivity (Wildman–Crippen MR) is 114 cm³/mol. The molecule has 0 unspecified atom stereocenters. The van der Waals surface area contributed by atoms with Gasteiger partial charge in [-0.2, -0.15) is 0 Å². The Morgan fingerprint density at radius 1 is 1.41 bits per heavy atom. The molecule has 1 aromatic carbocycles. The number of anilines is 1. The molecule has 0 bridgehead atoms. The Hall–Kier alpha value is -1.55. The summed E-state index contributed by atoms with van der Waals surface area (Å²) < 4.78 is 17.2. The molecule has 2 heterocycles. The van der Waals surface area contributed by atoms with E-state index in [0.717, 1.165) is 39.0 Å². The summed E-state index contributed by atoms with van der Waals surface area (Å²) in [7, 11) is 1.69. The van der Waals surface area contributed by atoms with Crippen LogP contribution < -0.4 is 20.5 Å². The summed E-state index contributed by atoms with van der Waals surface area (Å²) >= 11 is 3.41. The van der Waals surface area contributed by atoms with Crippen molar-refractivity contribution < 1.29 is 24.1 Å². The van der Waals surface area contributed by atoms with Crippen LogP contribution in [-0.4, -0.2) is 75.1 Å². The predicted octanol–water partition coefficient (Wildman–Crippen LogP) is 1.64. The zero-order valence-electron chi connectivity index (χ0n) is 16.8. The number of ether oxygens (including phenoxy) is 3. The number of aliphatic hydroxyl groups excluding tert-OH is 1. The Morgan fingerprint density at radius 2 is 2.17 bits per heavy atom. The Morgan fingerprint density at radius 3 is 2.90 bits per heavy atom. The summed E-state index contributed by atoms with van der Waals surface area (Å²) in [5.41, 5.74) is 6.82. The van der Waals surface area contributed by atoms with E-state index < -0.39 is 6.10 Å². The van der Waals surface area contributed by atoms with Gasteiger partial charge in [-0.05, 0) is 41.4 Å². The number of carbonyl (C=O) groups excluding carboxylic acids is 1. The van der Waals surface area contributed by atoms with Gasteiger partial charge in [0.25, 0.3) is 5.91 Å². The third kappa shape index (κ3) is 5.53. The quantitative estimate of drug-likeness (QED) is 0.409. The zero-order chi connectivity index (χ0) is 20.8. The molecular weight excluding hydrogens is 442 g/mol. The second kappa shape index (κ2) is 10.5. The number of piperidine rings is 1. The SMILES string of the molecule is COCCCN1CC[C@@H](CNC(=O)c2cc(N)c(Br)c3c2OCCCO3)[C@H](O)C1. The maximum absolute atomic E-state index is 12.9. The number of hydrogen-bond acceptors (Lipinski definition) is 7. The largest absolute Gasteiger partial charge is 0.489 e. The number of nitrogens with two attached hydrogens (primary N) is 1. The first-order valence-electron chi connectivity index (χ1n) is 10.1. The van der Waals surface area contributed by atoms with Gasteiger partial charge in [-0.3, -0.25) is 4.79 Å². The lowest BCUT2D eigenvalue weighted by Gasteiger charge is -2.36. The highest BCUT2D eigenvalue weighted by molar-refractivity contribution is 9.10. The number of aliphatic hydroxyl groups is 1. The van der Waals surface area contributed by atoms with Crippen LogP contribution >= 0.6 is 15.9 Å². The van der Waals surface area contributed by atoms with Gasteiger partial charge < -0.3 is 35.3 Å². The molecule has 3 rings (SSSR count). The first-order chi connectivity index (χ1) is 14.0. The van der Waals surface area contributed by atoms with E-state index in [1.54, 1.807) is 13.2 Å². The van der Waals surface area contributed by atoms with Crippen molar-refractivity contribution in [3.63, 3.8) is 0 Å². The molecule has 2 atom stereocenters. The number of likely N-dealkylation sites (tertiary alicyclic amines) is 1. The van der Waals surface area contributed by atoms with Gasteiger partial charge in [-0.1, -0.05) is 0 Å². The minimum absolute atomic E-state index is 0.0150. The molecule has 1 fully saturated rings. The number of benzene rings is 1. The highest BCUT2D eigenvalue weighted by Crippen LogP contribution is 2.43. The van der Waals surface area contributed by atoms with E-state index in [1.807, 2.05) is 0 Å². The number of halogens is 1. The number of amides is 1. The summed E-state index contributed by atoms with van der Waals surface area (Å²) in [5.74, 6) is 0.619. The maximum Gasteiger partial charge on any atom is 0.255 e. The van der Waals surface area contributed by atoms with E-state index in [1.165, 1.54) is 0 Å². The molecular formula is C20H30BrN3O5. The van der Waals surface area contributed by atoms with Crippen molar-refractivity contribution in [3.8, 4) is 11.5 Å². The van der Waals surface area contributed by atoms with Gasteiger partial charge >= 0.3 is 0 Å². The molecule has 2 aliphatic rings. The molecule has 0 radical (unpaired) electrons. The van der Waals surface area contributed by atoms with Crippen LogP contribution in [0.1, 0.15) is 29.6 Å². The molecule has 0 saturated carbocycles. The van der Waals surface area contributed by atoms with E-state index in [-0.39, 0.29) is 11.8 Å². The number of fused-ring (bicyclic) bond motifs is 1. The van der Waals surface area contributed by atoms with Crippen molar-refractivity contribution in [1.29, 1.82) is 0 Å². The molecule has 1 amide bonds. The molecule has 29 heavy (non-hydrogen) atoms. The summed E-state index contributed by atoms with van der Waals surface area (Å²) in [4.78, 5) is 15.1. The van der Waals surface area contributed by atoms with Crippen molar-refractivity contribution in [3.05, 3.63) is 16.1 Å². The van der Waals surface area contributed by atoms with Crippen molar-refractivity contribution in [2.75, 3.05) is 58.8 Å². The van der Waals surface area contributed by atoms with Crippen molar-refractivity contribution >= 4 is 27.5 Å². The first-order valence-corrected chi connectivity index (χ1v) is 10.9. The van der Waals surface area contributed by atoms with Gasteiger partial charge in [0.1, 0.15) is 0 Å². The molecule has 4 N–H and O–H groups in total. The average molecular weight is 472 g/mol. The van der Waals surface area contributed by atoms with Crippen LogP contribution in [0.4, 0.5) is 5.69 Å². The molecule has 2 aliphatic heterocycles. The van der Waals surface area contributed by atoms with Gasteiger partial charge in [0.15, 0.2) is 11.5 Å². The number of rotatable bonds is 7. The highest BCUT2D eigenvalue weighted by atomic mass is 79.9. The lowest BCUT2D eigenvalue weighted by atomic mass is 9.93. The minimum Gasteiger partial charge on any atom is -0.489 e. The second-order valence-corrected chi connectivity index (χ2v) is 8.30. The third-order valence-corrected chi connectivity index (χ3v) is 6.20. The topological polar surface area (TPSA) is 106 Å². The molecule has 1 aromatic rings. The van der Waals surface area contributed by atoms with Crippen LogP contribution in [0.5, 0.6) is 11.5 Å². The van der Waals surface area contributed by atoms with E-state index in [2.05, 4.69) is 26.1 Å². The van der Waals surface area contributed by atoms with Gasteiger partial charge in [-0.15, -0.1) is 0 Å². The number of methoxy groups -OCH3 is 1. The van der Waals surface area contributed by atoms with Crippen LogP contribution in [0.2, 0.25) is 0 Å². The summed E-state index contributed by atoms with van der Waals surface area (Å²) in [5, 5.41) is 13.4. The second-order valence-electron chi connectivity index (χ2n) is 7.51. The number of nitrogens with zero attached hydrogens (tertiary/aromatic N) is 1. The summed E-state index contributed by atoms with van der Waals surface area (Å²) in [6.07, 6.45) is 2.03. The van der Waals surface area contributed by atoms with Gasteiger partial charge in [-0.25, -0.2) is 0 Å². The number of carbonyl (C=O) groups is 1. The lowest BCUT2D eigenvalue weighted by molar-refractivity contribution is 0.0192. The van der Waals surface area contributed by atoms with E-state index in [4.69, 9.17) is 19.9 Å². The molecule has 0 spiro atoms. The molecule has 0 aliphatic carbocycles. The summed E-state index contributed by atoms with van der Waals surface area (Å²) in [6, 6.07) is 1.60. The number of hydrogen-bond donors (Lipinski definition) is 3. The maximum atomic E-state index is 12.9. The number of nitrogen functional groups attached to an aromatic ring is 1. The molecule has 9 heteroatoms. The van der Waals surface area contributed by atoms with Crippen LogP contribution in [0.25, 0.3) is 0 Å². The fraction of sp³-hybridized carbons (Fsp3) is 0.650. The lowest BCUT2D eigenvalue weighted by Crippen LogP contribution is -2.48. The molecule has 1 saturated heterocycles.